The van der Waals surface area contributed by atoms with Gasteiger partial charge in [0.05, 0.1) is 17.2 Å². The number of thiazole rings is 1. The van der Waals surface area contributed by atoms with Gasteiger partial charge in [-0.2, -0.15) is 0 Å². The maximum absolute atomic E-state index is 11.9. The molecule has 1 aliphatic carbocycles. The minimum atomic E-state index is -0.152. The first kappa shape index (κ1) is 13.8. The van der Waals surface area contributed by atoms with Crippen molar-refractivity contribution in [3.05, 3.63) is 27.6 Å². The molecule has 0 bridgehead atoms. The Morgan fingerprint density at radius 3 is 2.95 bits per heavy atom. The van der Waals surface area contributed by atoms with Crippen molar-refractivity contribution in [1.29, 1.82) is 0 Å². The lowest BCUT2D eigenvalue weighted by molar-refractivity contribution is -0.145. The molecule has 0 N–H and O–H groups in total. The fourth-order valence-electron chi connectivity index (χ4n) is 2.49. The largest absolute Gasteiger partial charge is 0.465 e. The molecule has 0 aliphatic heterocycles. The van der Waals surface area contributed by atoms with E-state index in [0.29, 0.717) is 6.61 Å². The quantitative estimate of drug-likeness (QED) is 0.801. The summed E-state index contributed by atoms with van der Waals surface area (Å²) in [7, 11) is 0. The number of nitrogens with zero attached hydrogens (tertiary/aromatic N) is 1. The van der Waals surface area contributed by atoms with Crippen molar-refractivity contribution in [2.75, 3.05) is 6.61 Å². The third-order valence-electron chi connectivity index (χ3n) is 3.51. The molecular weight excluding hydrogens is 290 g/mol. The summed E-state index contributed by atoms with van der Waals surface area (Å²) >= 11 is 3.52. The van der Waals surface area contributed by atoms with Gasteiger partial charge in [0.25, 0.3) is 0 Å². The Balaban J connectivity index is 1.88. The van der Waals surface area contributed by atoms with Crippen molar-refractivity contribution in [2.24, 2.45) is 0 Å². The number of aromatic nitrogens is 1. The van der Waals surface area contributed by atoms with E-state index in [1.807, 2.05) is 6.92 Å². The number of fused-ring (bicyclic) bond motifs is 1. The summed E-state index contributed by atoms with van der Waals surface area (Å²) in [6, 6.07) is 4.30. The number of thiophene rings is 1. The van der Waals surface area contributed by atoms with Gasteiger partial charge in [-0.05, 0) is 38.3 Å². The van der Waals surface area contributed by atoms with Gasteiger partial charge in [0.15, 0.2) is 0 Å². The van der Waals surface area contributed by atoms with Crippen LogP contribution in [0.3, 0.4) is 0 Å². The number of hydrogen-bond donors (Lipinski definition) is 0. The van der Waals surface area contributed by atoms with Gasteiger partial charge >= 0.3 is 5.97 Å². The Morgan fingerprint density at radius 1 is 1.40 bits per heavy atom. The monoisotopic (exact) mass is 307 g/mol. The summed E-state index contributed by atoms with van der Waals surface area (Å²) in [5.74, 6) is -0.274. The first-order valence-corrected chi connectivity index (χ1v) is 8.61. The zero-order chi connectivity index (χ0) is 14.1. The van der Waals surface area contributed by atoms with Gasteiger partial charge in [-0.25, -0.2) is 4.98 Å². The molecule has 0 aromatic carbocycles. The zero-order valence-electron chi connectivity index (χ0n) is 11.6. The molecule has 0 fully saturated rings. The highest BCUT2D eigenvalue weighted by atomic mass is 32.1. The third-order valence-corrected chi connectivity index (χ3v) is 6.04. The predicted octanol–water partition coefficient (Wildman–Crippen LogP) is 4.03. The Labute approximate surface area is 126 Å². The number of aryl methyl sites for hydroxylation is 2. The lowest BCUT2D eigenvalue weighted by Crippen LogP contribution is -2.14. The van der Waals surface area contributed by atoms with Crippen molar-refractivity contribution in [2.45, 2.75) is 39.0 Å². The van der Waals surface area contributed by atoms with Crippen LogP contribution < -0.4 is 0 Å². The Kier molecular flexibility index (Phi) is 3.89. The molecule has 3 rings (SSSR count). The van der Waals surface area contributed by atoms with E-state index in [9.17, 15) is 4.79 Å². The zero-order valence-corrected chi connectivity index (χ0v) is 13.3. The van der Waals surface area contributed by atoms with Gasteiger partial charge < -0.3 is 4.74 Å². The van der Waals surface area contributed by atoms with Crippen LogP contribution in [0.4, 0.5) is 0 Å². The third kappa shape index (κ3) is 2.40. The van der Waals surface area contributed by atoms with Gasteiger partial charge in [-0.1, -0.05) is 6.92 Å². The highest BCUT2D eigenvalue weighted by molar-refractivity contribution is 7.21. The standard InChI is InChI=1S/C15H17NO2S2/c1-3-9-5-7-12(19-9)14-16-13-10(15(17)18-4-2)6-8-11(13)20-14/h5,7,10H,3-4,6,8H2,1-2H3. The number of ether oxygens (including phenoxy) is 1. The summed E-state index contributed by atoms with van der Waals surface area (Å²) in [5, 5.41) is 1.05. The van der Waals surface area contributed by atoms with E-state index < -0.39 is 0 Å². The van der Waals surface area contributed by atoms with E-state index in [4.69, 9.17) is 9.72 Å². The molecule has 0 radical (unpaired) electrons. The Bertz CT molecular complexity index is 630. The number of carbonyl (C=O) groups excluding carboxylic acids is 1. The summed E-state index contributed by atoms with van der Waals surface area (Å²) in [4.78, 5) is 20.5. The first-order valence-electron chi connectivity index (χ1n) is 6.98. The second kappa shape index (κ2) is 5.66. The SMILES string of the molecule is CCOC(=O)C1CCc2sc(-c3ccc(CC)s3)nc21. The molecule has 0 spiro atoms. The normalized spacial score (nSPS) is 17.2. The van der Waals surface area contributed by atoms with E-state index in [0.717, 1.165) is 30.0 Å². The smallest absolute Gasteiger partial charge is 0.315 e. The minimum Gasteiger partial charge on any atom is -0.465 e. The molecule has 0 saturated heterocycles. The van der Waals surface area contributed by atoms with Crippen LogP contribution in [0.5, 0.6) is 0 Å². The summed E-state index contributed by atoms with van der Waals surface area (Å²) < 4.78 is 5.15. The Hall–Kier alpha value is -1.20. The van der Waals surface area contributed by atoms with Crippen molar-refractivity contribution in [3.63, 3.8) is 0 Å². The van der Waals surface area contributed by atoms with E-state index >= 15 is 0 Å². The topological polar surface area (TPSA) is 39.2 Å². The summed E-state index contributed by atoms with van der Waals surface area (Å²) in [6.45, 7) is 4.44. The van der Waals surface area contributed by atoms with Crippen LogP contribution >= 0.6 is 22.7 Å². The lowest BCUT2D eigenvalue weighted by atomic mass is 10.1. The van der Waals surface area contributed by atoms with Gasteiger partial charge in [0.2, 0.25) is 0 Å². The second-order valence-electron chi connectivity index (χ2n) is 4.79. The van der Waals surface area contributed by atoms with Gasteiger partial charge in [-0.15, -0.1) is 22.7 Å². The highest BCUT2D eigenvalue weighted by Gasteiger charge is 2.33. The molecule has 0 saturated carbocycles. The number of hydrogen-bond acceptors (Lipinski definition) is 5. The van der Waals surface area contributed by atoms with Crippen LogP contribution in [-0.4, -0.2) is 17.6 Å². The molecular formula is C15H17NO2S2. The molecule has 106 valence electrons. The molecule has 5 heteroatoms. The summed E-state index contributed by atoms with van der Waals surface area (Å²) in [5.41, 5.74) is 0.954. The molecule has 3 nitrogen and oxygen atoms in total. The Morgan fingerprint density at radius 2 is 2.25 bits per heavy atom. The van der Waals surface area contributed by atoms with Crippen LogP contribution in [0, 0.1) is 0 Å². The fraction of sp³-hybridized carbons (Fsp3) is 0.467. The number of rotatable bonds is 4. The van der Waals surface area contributed by atoms with Crippen LogP contribution in [0.2, 0.25) is 0 Å². The molecule has 2 heterocycles. The van der Waals surface area contributed by atoms with Crippen LogP contribution in [0.25, 0.3) is 9.88 Å². The van der Waals surface area contributed by atoms with Crippen molar-refractivity contribution in [1.82, 2.24) is 4.98 Å². The van der Waals surface area contributed by atoms with Gasteiger partial charge in [0, 0.05) is 9.75 Å². The fourth-order valence-corrected chi connectivity index (χ4v) is 4.63. The second-order valence-corrected chi connectivity index (χ2v) is 7.04. The maximum atomic E-state index is 11.9. The van der Waals surface area contributed by atoms with E-state index in [-0.39, 0.29) is 11.9 Å². The molecule has 2 aromatic rings. The van der Waals surface area contributed by atoms with Gasteiger partial charge in [0.1, 0.15) is 10.9 Å². The number of carbonyl (C=O) groups is 1. The van der Waals surface area contributed by atoms with Gasteiger partial charge in [-0.3, -0.25) is 4.79 Å². The molecule has 2 aromatic heterocycles. The average Bonchev–Trinajstić information content (AvgIpc) is 3.12. The van der Waals surface area contributed by atoms with E-state index in [1.54, 1.807) is 22.7 Å². The summed E-state index contributed by atoms with van der Waals surface area (Å²) in [6.07, 6.45) is 2.85. The minimum absolute atomic E-state index is 0.122. The molecule has 20 heavy (non-hydrogen) atoms. The van der Waals surface area contributed by atoms with E-state index in [2.05, 4.69) is 19.1 Å². The lowest BCUT2D eigenvalue weighted by Gasteiger charge is -2.07. The molecule has 1 aliphatic rings. The first-order chi connectivity index (χ1) is 9.72. The predicted molar refractivity (Wildman–Crippen MR) is 82.5 cm³/mol. The van der Waals surface area contributed by atoms with Crippen molar-refractivity contribution < 1.29 is 9.53 Å². The van der Waals surface area contributed by atoms with Crippen molar-refractivity contribution >= 4 is 28.6 Å². The van der Waals surface area contributed by atoms with Crippen LogP contribution in [0.1, 0.15) is 41.6 Å². The molecule has 1 unspecified atom stereocenters. The van der Waals surface area contributed by atoms with Crippen LogP contribution in [0.15, 0.2) is 12.1 Å². The molecule has 1 atom stereocenters. The van der Waals surface area contributed by atoms with Crippen molar-refractivity contribution in [3.8, 4) is 9.88 Å². The van der Waals surface area contributed by atoms with E-state index in [1.165, 1.54) is 14.6 Å². The molecule has 0 amide bonds. The van der Waals surface area contributed by atoms with Crippen LogP contribution in [-0.2, 0) is 22.4 Å². The number of esters is 1. The average molecular weight is 307 g/mol. The maximum Gasteiger partial charge on any atom is 0.315 e. The highest BCUT2D eigenvalue weighted by Crippen LogP contribution is 2.41.